The number of aromatic nitrogens is 5. The van der Waals surface area contributed by atoms with Gasteiger partial charge in [0.05, 0.1) is 17.6 Å². The van der Waals surface area contributed by atoms with Gasteiger partial charge in [0.1, 0.15) is 23.6 Å². The molecule has 3 aromatic heterocycles. The van der Waals surface area contributed by atoms with Gasteiger partial charge in [-0.2, -0.15) is 10.2 Å². The number of benzene rings is 1. The second-order valence-corrected chi connectivity index (χ2v) is 13.6. The predicted octanol–water partition coefficient (Wildman–Crippen LogP) is 3.07. The first kappa shape index (κ1) is 32.1. The van der Waals surface area contributed by atoms with Crippen molar-refractivity contribution in [1.29, 1.82) is 0 Å². The van der Waals surface area contributed by atoms with Crippen LogP contribution in [-0.2, 0) is 11.3 Å². The molecule has 5 heterocycles. The summed E-state index contributed by atoms with van der Waals surface area (Å²) in [7, 11) is 4.56. The number of nitrogens with one attached hydrogen (secondary N) is 1. The molecule has 2 aliphatic heterocycles. The Balaban J connectivity index is 1.24. The first-order chi connectivity index (χ1) is 22.3. The zero-order valence-electron chi connectivity index (χ0n) is 26.1. The molecule has 0 aliphatic carbocycles. The van der Waals surface area contributed by atoms with Crippen molar-refractivity contribution in [2.45, 2.75) is 48.9 Å². The number of hydrogen-bond acceptors (Lipinski definition) is 8. The quantitative estimate of drug-likeness (QED) is 0.127. The van der Waals surface area contributed by atoms with Crippen LogP contribution < -0.4 is 10.1 Å². The third-order valence-electron chi connectivity index (χ3n) is 8.61. The largest absolute Gasteiger partial charge is 0.495 e. The molecule has 4 aromatic rings. The summed E-state index contributed by atoms with van der Waals surface area (Å²) >= 11 is 1.60. The summed E-state index contributed by atoms with van der Waals surface area (Å²) in [5.41, 5.74) is 2.45. The van der Waals surface area contributed by atoms with E-state index in [9.17, 15) is 9.59 Å². The molecule has 3 unspecified atom stereocenters. The second-order valence-electron chi connectivity index (χ2n) is 11.8. The fraction of sp³-hybridized carbons (Fsp3) is 0.406. The van der Waals surface area contributed by atoms with Gasteiger partial charge in [-0.1, -0.05) is 0 Å². The van der Waals surface area contributed by atoms with Gasteiger partial charge in [-0.15, -0.1) is 33.3 Å². The number of ether oxygens (including phenoxy) is 1. The highest BCUT2D eigenvalue weighted by atomic mass is 32.2. The van der Waals surface area contributed by atoms with Crippen molar-refractivity contribution in [3.63, 3.8) is 0 Å². The number of carbonyl (C=O) groups is 2. The van der Waals surface area contributed by atoms with Gasteiger partial charge >= 0.3 is 0 Å². The normalized spacial score (nSPS) is 18.3. The van der Waals surface area contributed by atoms with Gasteiger partial charge in [0, 0.05) is 60.6 Å². The fourth-order valence-electron chi connectivity index (χ4n) is 6.29. The first-order valence-electron chi connectivity index (χ1n) is 15.6. The predicted molar refractivity (Wildman–Crippen MR) is 186 cm³/mol. The number of piperidine rings is 2. The van der Waals surface area contributed by atoms with E-state index in [0.29, 0.717) is 59.0 Å². The summed E-state index contributed by atoms with van der Waals surface area (Å²) in [6.45, 7) is 3.46. The Morgan fingerprint density at radius 3 is 2.85 bits per heavy atom. The Morgan fingerprint density at radius 2 is 2.09 bits per heavy atom. The van der Waals surface area contributed by atoms with Crippen LogP contribution >= 0.6 is 21.0 Å². The Hall–Kier alpha value is -3.85. The molecule has 1 aromatic carbocycles. The van der Waals surface area contributed by atoms with Crippen LogP contribution in [0.4, 0.5) is 5.69 Å². The summed E-state index contributed by atoms with van der Waals surface area (Å²) in [5, 5.41) is 12.1. The lowest BCUT2D eigenvalue weighted by molar-refractivity contribution is -0.133. The number of amides is 2. The number of thioether (sulfide) groups is 1. The molecule has 238 valence electrons. The Bertz CT molecular complexity index is 1760. The van der Waals surface area contributed by atoms with Crippen molar-refractivity contribution in [3.05, 3.63) is 54.6 Å². The summed E-state index contributed by atoms with van der Waals surface area (Å²) in [6, 6.07) is 8.09. The zero-order chi connectivity index (χ0) is 32.2. The van der Waals surface area contributed by atoms with Gasteiger partial charge in [-0.25, -0.2) is 9.50 Å². The molecule has 0 spiro atoms. The molecule has 46 heavy (non-hydrogen) atoms. The minimum absolute atomic E-state index is 0.00901. The van der Waals surface area contributed by atoms with E-state index in [-0.39, 0.29) is 24.1 Å². The number of carbonyl (C=O) groups excluding carboxylic acids is 2. The standard InChI is InChI=1S/C32H38BN8O3PS/c1-3-21-6-4-12-39(18-21)22-9-14-38(15-10-22)28(42)20-40-19-26(36-31(43)25-17-35-41-13-5-11-34-30(25)41)29(37-40)24-16-23(46-2)7-8-27(24)44-32(33)45/h1,5,7-8,11,13,16-17,19,21-22,32H,4,6,9-10,12,14-15,18,20,33,45H2,2H3,(H,36,43). The minimum Gasteiger partial charge on any atom is -0.495 e. The first-order valence-corrected chi connectivity index (χ1v) is 17.5. The SMILES string of the molecule is BC(P)Oc1ccc(SC)cc1-c1nn(CC(=O)N2CCC(N3CCCC(C#C)C3)CC2)cc1NC(=O)c1cnn2cccnc12. The molecule has 2 fully saturated rings. The van der Waals surface area contributed by atoms with Crippen LogP contribution in [-0.4, -0.2) is 98.1 Å². The summed E-state index contributed by atoms with van der Waals surface area (Å²) in [4.78, 5) is 36.9. The highest BCUT2D eigenvalue weighted by molar-refractivity contribution is 7.98. The second kappa shape index (κ2) is 14.3. The van der Waals surface area contributed by atoms with Gasteiger partial charge in [0.15, 0.2) is 13.5 Å². The lowest BCUT2D eigenvalue weighted by Crippen LogP contribution is -2.50. The van der Waals surface area contributed by atoms with Gasteiger partial charge in [0.25, 0.3) is 5.91 Å². The van der Waals surface area contributed by atoms with E-state index in [2.05, 4.69) is 35.5 Å². The maximum atomic E-state index is 13.6. The van der Waals surface area contributed by atoms with E-state index in [0.717, 1.165) is 43.7 Å². The van der Waals surface area contributed by atoms with Crippen molar-refractivity contribution in [2.75, 3.05) is 37.8 Å². The minimum atomic E-state index is -0.379. The number of likely N-dealkylation sites (tertiary alicyclic amines) is 2. The van der Waals surface area contributed by atoms with E-state index in [4.69, 9.17) is 16.3 Å². The molecular formula is C32H38BN8O3PS. The number of terminal acetylenes is 1. The Morgan fingerprint density at radius 1 is 1.26 bits per heavy atom. The molecule has 2 saturated heterocycles. The summed E-state index contributed by atoms with van der Waals surface area (Å²) in [5.74, 6) is 3.33. The smallest absolute Gasteiger partial charge is 0.261 e. The third-order valence-corrected chi connectivity index (χ3v) is 9.47. The van der Waals surface area contributed by atoms with E-state index in [1.54, 1.807) is 45.6 Å². The van der Waals surface area contributed by atoms with E-state index >= 15 is 0 Å². The van der Waals surface area contributed by atoms with Crippen LogP contribution in [0.5, 0.6) is 5.75 Å². The number of anilines is 1. The Labute approximate surface area is 276 Å². The van der Waals surface area contributed by atoms with Gasteiger partial charge in [-0.05, 0) is 62.7 Å². The number of fused-ring (bicyclic) bond motifs is 1. The van der Waals surface area contributed by atoms with Crippen molar-refractivity contribution >= 4 is 52.0 Å². The average molecular weight is 657 g/mol. The monoisotopic (exact) mass is 656 g/mol. The van der Waals surface area contributed by atoms with E-state index in [1.165, 1.54) is 6.20 Å². The fourth-order valence-corrected chi connectivity index (χ4v) is 6.87. The number of nitrogens with zero attached hydrogens (tertiary/aromatic N) is 7. The van der Waals surface area contributed by atoms with Gasteiger partial charge in [0.2, 0.25) is 5.91 Å². The summed E-state index contributed by atoms with van der Waals surface area (Å²) < 4.78 is 9.28. The topological polar surface area (TPSA) is 110 Å². The molecule has 2 aliphatic rings. The molecule has 11 nitrogen and oxygen atoms in total. The van der Waals surface area contributed by atoms with Crippen molar-refractivity contribution in [1.82, 2.24) is 34.2 Å². The van der Waals surface area contributed by atoms with Gasteiger partial charge in [-0.3, -0.25) is 19.2 Å². The van der Waals surface area contributed by atoms with Crippen LogP contribution in [0, 0.1) is 18.3 Å². The van der Waals surface area contributed by atoms with Gasteiger partial charge < -0.3 is 15.0 Å². The lowest BCUT2D eigenvalue weighted by Gasteiger charge is -2.41. The van der Waals surface area contributed by atoms with Crippen LogP contribution in [0.25, 0.3) is 16.9 Å². The van der Waals surface area contributed by atoms with Crippen LogP contribution in [0.2, 0.25) is 0 Å². The third kappa shape index (κ3) is 7.09. The average Bonchev–Trinajstić information content (AvgIpc) is 3.68. The van der Waals surface area contributed by atoms with E-state index in [1.807, 2.05) is 37.2 Å². The highest BCUT2D eigenvalue weighted by Crippen LogP contribution is 2.38. The molecule has 3 atom stereocenters. The summed E-state index contributed by atoms with van der Waals surface area (Å²) in [6.07, 6.45) is 18.4. The highest BCUT2D eigenvalue weighted by Gasteiger charge is 2.30. The Kier molecular flexibility index (Phi) is 9.97. The van der Waals surface area contributed by atoms with Crippen molar-refractivity contribution < 1.29 is 14.3 Å². The van der Waals surface area contributed by atoms with E-state index < -0.39 is 0 Å². The van der Waals surface area contributed by atoms with Crippen LogP contribution in [0.3, 0.4) is 0 Å². The molecule has 0 saturated carbocycles. The maximum Gasteiger partial charge on any atom is 0.261 e. The molecular weight excluding hydrogens is 618 g/mol. The van der Waals surface area contributed by atoms with Crippen molar-refractivity contribution in [2.24, 2.45) is 5.92 Å². The molecule has 1 N–H and O–H groups in total. The van der Waals surface area contributed by atoms with Crippen LogP contribution in [0.15, 0.2) is 53.9 Å². The molecule has 0 bridgehead atoms. The number of rotatable bonds is 9. The maximum absolute atomic E-state index is 13.6. The molecule has 6 rings (SSSR count). The molecule has 0 radical (unpaired) electrons. The lowest BCUT2D eigenvalue weighted by atomic mass is 9.94. The zero-order valence-corrected chi connectivity index (χ0v) is 28.1. The van der Waals surface area contributed by atoms with Crippen molar-refractivity contribution in [3.8, 4) is 29.4 Å². The molecule has 14 heteroatoms. The molecule has 2 amide bonds. The van der Waals surface area contributed by atoms with Crippen LogP contribution in [0.1, 0.15) is 36.0 Å². The number of hydrogen-bond donors (Lipinski definition) is 1.